The van der Waals surface area contributed by atoms with Crippen molar-refractivity contribution in [2.24, 2.45) is 5.41 Å². The Kier molecular flexibility index (Phi) is 5.36. The van der Waals surface area contributed by atoms with Crippen LogP contribution in [0, 0.1) is 5.41 Å². The summed E-state index contributed by atoms with van der Waals surface area (Å²) in [6.07, 6.45) is 8.37. The first-order chi connectivity index (χ1) is 11.6. The van der Waals surface area contributed by atoms with E-state index in [2.05, 4.69) is 30.3 Å². The van der Waals surface area contributed by atoms with Crippen LogP contribution in [0.2, 0.25) is 0 Å². The predicted octanol–water partition coefficient (Wildman–Crippen LogP) is 1.92. The molecule has 2 atom stereocenters. The van der Waals surface area contributed by atoms with Crippen LogP contribution in [0.1, 0.15) is 33.1 Å². The van der Waals surface area contributed by atoms with Gasteiger partial charge in [-0.05, 0) is 39.2 Å². The Balaban J connectivity index is 1.56. The standard InChI is InChI=1S/C18H27N3O3/c1-14(2)4-11-24-16-5-10-23-12-15(16)20-17(22)18(6-7-18)13-21-9-3-8-19-21/h3-4,8-9,15-16H,5-7,10-13H2,1-2H3,(H,20,22)/t15-,16+/m0/s1. The highest BCUT2D eigenvalue weighted by Gasteiger charge is 2.51. The number of hydrogen-bond acceptors (Lipinski definition) is 4. The second-order valence-corrected chi connectivity index (χ2v) is 7.08. The van der Waals surface area contributed by atoms with Crippen LogP contribution in [0.3, 0.4) is 0 Å². The fourth-order valence-corrected chi connectivity index (χ4v) is 3.02. The molecule has 1 saturated carbocycles. The van der Waals surface area contributed by atoms with Crippen LogP contribution >= 0.6 is 0 Å². The van der Waals surface area contributed by atoms with E-state index in [1.807, 2.05) is 16.9 Å². The first kappa shape index (κ1) is 17.2. The Morgan fingerprint density at radius 3 is 3.00 bits per heavy atom. The summed E-state index contributed by atoms with van der Waals surface area (Å²) in [6, 6.07) is 1.81. The molecule has 0 spiro atoms. The number of hydrogen-bond donors (Lipinski definition) is 1. The first-order valence-electron chi connectivity index (χ1n) is 8.70. The maximum absolute atomic E-state index is 12.8. The third kappa shape index (κ3) is 4.24. The second-order valence-electron chi connectivity index (χ2n) is 7.08. The lowest BCUT2D eigenvalue weighted by atomic mass is 10.0. The van der Waals surface area contributed by atoms with E-state index in [0.29, 0.717) is 26.4 Å². The van der Waals surface area contributed by atoms with Gasteiger partial charge < -0.3 is 14.8 Å². The van der Waals surface area contributed by atoms with Gasteiger partial charge in [-0.15, -0.1) is 0 Å². The molecule has 2 heterocycles. The monoisotopic (exact) mass is 333 g/mol. The molecule has 6 heteroatoms. The molecule has 24 heavy (non-hydrogen) atoms. The molecule has 0 unspecified atom stereocenters. The summed E-state index contributed by atoms with van der Waals surface area (Å²) < 4.78 is 13.3. The van der Waals surface area contributed by atoms with Crippen molar-refractivity contribution in [1.29, 1.82) is 0 Å². The summed E-state index contributed by atoms with van der Waals surface area (Å²) in [5.74, 6) is 0.101. The van der Waals surface area contributed by atoms with Gasteiger partial charge in [0.15, 0.2) is 0 Å². The minimum absolute atomic E-state index is 0.0128. The molecule has 2 fully saturated rings. The highest BCUT2D eigenvalue weighted by Crippen LogP contribution is 2.47. The molecule has 6 nitrogen and oxygen atoms in total. The topological polar surface area (TPSA) is 65.4 Å². The van der Waals surface area contributed by atoms with Crippen LogP contribution < -0.4 is 5.32 Å². The van der Waals surface area contributed by atoms with E-state index in [4.69, 9.17) is 9.47 Å². The van der Waals surface area contributed by atoms with Crippen molar-refractivity contribution < 1.29 is 14.3 Å². The van der Waals surface area contributed by atoms with E-state index in [0.717, 1.165) is 19.3 Å². The summed E-state index contributed by atoms with van der Waals surface area (Å²) in [7, 11) is 0. The van der Waals surface area contributed by atoms with Gasteiger partial charge in [0.05, 0.1) is 37.3 Å². The average molecular weight is 333 g/mol. The molecule has 1 aromatic rings. The van der Waals surface area contributed by atoms with E-state index < -0.39 is 0 Å². The normalized spacial score (nSPS) is 25.1. The van der Waals surface area contributed by atoms with Crippen molar-refractivity contribution in [3.63, 3.8) is 0 Å². The average Bonchev–Trinajstić information content (AvgIpc) is 3.15. The number of nitrogens with zero attached hydrogens (tertiary/aromatic N) is 2. The van der Waals surface area contributed by atoms with Gasteiger partial charge >= 0.3 is 0 Å². The Bertz CT molecular complexity index is 574. The zero-order valence-electron chi connectivity index (χ0n) is 14.5. The Labute approximate surface area is 143 Å². The van der Waals surface area contributed by atoms with Crippen LogP contribution in [-0.2, 0) is 20.8 Å². The summed E-state index contributed by atoms with van der Waals surface area (Å²) in [5, 5.41) is 7.39. The number of rotatable bonds is 7. The van der Waals surface area contributed by atoms with Gasteiger partial charge in [-0.1, -0.05) is 11.6 Å². The fraction of sp³-hybridized carbons (Fsp3) is 0.667. The van der Waals surface area contributed by atoms with Crippen LogP contribution in [0.5, 0.6) is 0 Å². The molecule has 0 aromatic carbocycles. The van der Waals surface area contributed by atoms with Crippen molar-refractivity contribution in [3.8, 4) is 0 Å². The molecule has 0 radical (unpaired) electrons. The van der Waals surface area contributed by atoms with E-state index in [1.165, 1.54) is 5.57 Å². The minimum atomic E-state index is -0.312. The van der Waals surface area contributed by atoms with Gasteiger partial charge in [0.1, 0.15) is 0 Å². The van der Waals surface area contributed by atoms with Crippen molar-refractivity contribution in [1.82, 2.24) is 15.1 Å². The van der Waals surface area contributed by atoms with Gasteiger partial charge in [-0.25, -0.2) is 0 Å². The molecule has 1 saturated heterocycles. The van der Waals surface area contributed by atoms with Crippen LogP contribution in [0.15, 0.2) is 30.1 Å². The zero-order valence-corrected chi connectivity index (χ0v) is 14.5. The molecular weight excluding hydrogens is 306 g/mol. The first-order valence-corrected chi connectivity index (χ1v) is 8.70. The number of aromatic nitrogens is 2. The molecular formula is C18H27N3O3. The highest BCUT2D eigenvalue weighted by molar-refractivity contribution is 5.85. The van der Waals surface area contributed by atoms with Crippen molar-refractivity contribution in [2.75, 3.05) is 19.8 Å². The van der Waals surface area contributed by atoms with Crippen LogP contribution in [0.4, 0.5) is 0 Å². The summed E-state index contributed by atoms with van der Waals surface area (Å²) in [6.45, 7) is 6.53. The van der Waals surface area contributed by atoms with Gasteiger partial charge in [-0.2, -0.15) is 5.10 Å². The zero-order chi connectivity index (χ0) is 17.0. The lowest BCUT2D eigenvalue weighted by molar-refractivity contribution is -0.131. The third-order valence-electron chi connectivity index (χ3n) is 4.77. The Morgan fingerprint density at radius 1 is 1.50 bits per heavy atom. The number of carbonyl (C=O) groups is 1. The van der Waals surface area contributed by atoms with E-state index in [9.17, 15) is 4.79 Å². The van der Waals surface area contributed by atoms with E-state index in [-0.39, 0.29) is 23.5 Å². The Hall–Kier alpha value is -1.66. The fourth-order valence-electron chi connectivity index (χ4n) is 3.02. The third-order valence-corrected chi connectivity index (χ3v) is 4.77. The number of nitrogens with one attached hydrogen (secondary N) is 1. The van der Waals surface area contributed by atoms with Crippen molar-refractivity contribution in [2.45, 2.75) is 51.8 Å². The quantitative estimate of drug-likeness (QED) is 0.774. The van der Waals surface area contributed by atoms with Crippen LogP contribution in [0.25, 0.3) is 0 Å². The largest absolute Gasteiger partial charge is 0.379 e. The van der Waals surface area contributed by atoms with E-state index >= 15 is 0 Å². The summed E-state index contributed by atoms with van der Waals surface area (Å²) in [4.78, 5) is 12.8. The van der Waals surface area contributed by atoms with Crippen LogP contribution in [-0.4, -0.2) is 47.7 Å². The van der Waals surface area contributed by atoms with E-state index in [1.54, 1.807) is 6.20 Å². The molecule has 1 aliphatic heterocycles. The van der Waals surface area contributed by atoms with Crippen molar-refractivity contribution in [3.05, 3.63) is 30.1 Å². The Morgan fingerprint density at radius 2 is 2.33 bits per heavy atom. The number of allylic oxidation sites excluding steroid dienone is 1. The van der Waals surface area contributed by atoms with Gasteiger partial charge in [0.25, 0.3) is 0 Å². The molecule has 1 amide bonds. The highest BCUT2D eigenvalue weighted by atomic mass is 16.5. The van der Waals surface area contributed by atoms with Gasteiger partial charge in [0, 0.05) is 19.0 Å². The molecule has 0 bridgehead atoms. The summed E-state index contributed by atoms with van der Waals surface area (Å²) in [5.41, 5.74) is 0.923. The molecule has 1 N–H and O–H groups in total. The maximum atomic E-state index is 12.8. The second kappa shape index (κ2) is 7.49. The molecule has 1 aromatic heterocycles. The number of ether oxygens (including phenoxy) is 2. The number of carbonyl (C=O) groups excluding carboxylic acids is 1. The summed E-state index contributed by atoms with van der Waals surface area (Å²) >= 11 is 0. The molecule has 2 aliphatic rings. The lowest BCUT2D eigenvalue weighted by Crippen LogP contribution is -2.52. The smallest absolute Gasteiger partial charge is 0.228 e. The minimum Gasteiger partial charge on any atom is -0.379 e. The maximum Gasteiger partial charge on any atom is 0.228 e. The van der Waals surface area contributed by atoms with Gasteiger partial charge in [0.2, 0.25) is 5.91 Å². The lowest BCUT2D eigenvalue weighted by Gasteiger charge is -2.33. The number of amides is 1. The molecule has 3 rings (SSSR count). The SMILES string of the molecule is CC(C)=CCO[C@@H]1CCOC[C@@H]1NC(=O)C1(Cn2cccn2)CC1. The van der Waals surface area contributed by atoms with Gasteiger partial charge in [-0.3, -0.25) is 9.48 Å². The molecule has 1 aliphatic carbocycles. The van der Waals surface area contributed by atoms with Crippen molar-refractivity contribution >= 4 is 5.91 Å². The molecule has 132 valence electrons. The predicted molar refractivity (Wildman–Crippen MR) is 90.4 cm³/mol.